The van der Waals surface area contributed by atoms with E-state index in [9.17, 15) is 12.8 Å². The van der Waals surface area contributed by atoms with E-state index in [-0.39, 0.29) is 23.3 Å². The van der Waals surface area contributed by atoms with E-state index < -0.39 is 20.7 Å². The van der Waals surface area contributed by atoms with Crippen LogP contribution in [0.3, 0.4) is 0 Å². The fourth-order valence-electron chi connectivity index (χ4n) is 1.71. The van der Waals surface area contributed by atoms with Crippen LogP contribution in [-0.4, -0.2) is 25.3 Å². The number of nitrogens with two attached hydrogens (primary N) is 1. The minimum absolute atomic E-state index is 0.111. The first-order chi connectivity index (χ1) is 8.21. The van der Waals surface area contributed by atoms with Crippen molar-refractivity contribution in [1.29, 1.82) is 0 Å². The molecule has 0 atom stereocenters. The van der Waals surface area contributed by atoms with Crippen LogP contribution in [-0.2, 0) is 10.0 Å². The largest absolute Gasteiger partial charge is 0.399 e. The van der Waals surface area contributed by atoms with Gasteiger partial charge in [0.25, 0.3) is 0 Å². The third-order valence-corrected chi connectivity index (χ3v) is 4.92. The summed E-state index contributed by atoms with van der Waals surface area (Å²) in [5.74, 6) is -0.968. The lowest BCUT2D eigenvalue weighted by molar-refractivity contribution is 0.367. The van der Waals surface area contributed by atoms with Crippen molar-refractivity contribution < 1.29 is 12.8 Å². The molecule has 18 heavy (non-hydrogen) atoms. The highest BCUT2D eigenvalue weighted by molar-refractivity contribution is 7.89. The van der Waals surface area contributed by atoms with Crippen molar-refractivity contribution in [3.8, 4) is 0 Å². The van der Waals surface area contributed by atoms with E-state index in [1.165, 1.54) is 10.4 Å². The van der Waals surface area contributed by atoms with Gasteiger partial charge < -0.3 is 5.73 Å². The van der Waals surface area contributed by atoms with Gasteiger partial charge in [0.05, 0.1) is 5.02 Å². The van der Waals surface area contributed by atoms with Crippen molar-refractivity contribution in [2.24, 2.45) is 0 Å². The standard InChI is InChI=1S/C11H16ClFN2O2S/c1-4-15(7(2)3)18(16,17)10-6-8(14)5-9(12)11(10)13/h5-7H,4,14H2,1-3H3. The average molecular weight is 295 g/mol. The highest BCUT2D eigenvalue weighted by Gasteiger charge is 2.29. The Bertz CT molecular complexity index is 546. The molecule has 0 spiro atoms. The number of anilines is 1. The predicted octanol–water partition coefficient (Wildman–Crippen LogP) is 2.48. The molecular formula is C11H16ClFN2O2S. The first kappa shape index (κ1) is 15.2. The third kappa shape index (κ3) is 2.76. The molecule has 0 radical (unpaired) electrons. The summed E-state index contributed by atoms with van der Waals surface area (Å²) in [6.45, 7) is 5.36. The number of hydrogen-bond donors (Lipinski definition) is 1. The maximum atomic E-state index is 13.8. The molecule has 2 N–H and O–H groups in total. The topological polar surface area (TPSA) is 63.4 Å². The van der Waals surface area contributed by atoms with Crippen molar-refractivity contribution in [2.75, 3.05) is 12.3 Å². The van der Waals surface area contributed by atoms with E-state index in [4.69, 9.17) is 17.3 Å². The lowest BCUT2D eigenvalue weighted by Gasteiger charge is -2.24. The fraction of sp³-hybridized carbons (Fsp3) is 0.455. The summed E-state index contributed by atoms with van der Waals surface area (Å²) in [5.41, 5.74) is 5.62. The Morgan fingerprint density at radius 1 is 1.44 bits per heavy atom. The van der Waals surface area contributed by atoms with E-state index >= 15 is 0 Å². The number of rotatable bonds is 4. The molecule has 0 heterocycles. The van der Waals surface area contributed by atoms with Crippen LogP contribution in [0.15, 0.2) is 17.0 Å². The Morgan fingerprint density at radius 2 is 2.00 bits per heavy atom. The van der Waals surface area contributed by atoms with Gasteiger partial charge >= 0.3 is 0 Å². The summed E-state index contributed by atoms with van der Waals surface area (Å²) in [6.07, 6.45) is 0. The number of hydrogen-bond acceptors (Lipinski definition) is 3. The molecular weight excluding hydrogens is 279 g/mol. The lowest BCUT2D eigenvalue weighted by atomic mass is 10.3. The van der Waals surface area contributed by atoms with Crippen molar-refractivity contribution in [1.82, 2.24) is 4.31 Å². The van der Waals surface area contributed by atoms with Crippen molar-refractivity contribution in [3.63, 3.8) is 0 Å². The SMILES string of the molecule is CCN(C(C)C)S(=O)(=O)c1cc(N)cc(Cl)c1F. The van der Waals surface area contributed by atoms with E-state index in [1.54, 1.807) is 20.8 Å². The Morgan fingerprint density at radius 3 is 2.44 bits per heavy atom. The van der Waals surface area contributed by atoms with Gasteiger partial charge in [0.15, 0.2) is 5.82 Å². The number of benzene rings is 1. The maximum Gasteiger partial charge on any atom is 0.246 e. The van der Waals surface area contributed by atoms with Gasteiger partial charge in [0.1, 0.15) is 4.90 Å². The first-order valence-corrected chi connectivity index (χ1v) is 7.30. The van der Waals surface area contributed by atoms with Gasteiger partial charge in [-0.15, -0.1) is 0 Å². The highest BCUT2D eigenvalue weighted by Crippen LogP contribution is 2.28. The summed E-state index contributed by atoms with van der Waals surface area (Å²) in [5, 5.41) is -0.298. The van der Waals surface area contributed by atoms with Crippen LogP contribution in [0.1, 0.15) is 20.8 Å². The second kappa shape index (κ2) is 5.42. The van der Waals surface area contributed by atoms with Gasteiger partial charge in [-0.2, -0.15) is 4.31 Å². The molecule has 0 amide bonds. The van der Waals surface area contributed by atoms with Crippen LogP contribution in [0.2, 0.25) is 5.02 Å². The van der Waals surface area contributed by atoms with E-state index in [0.717, 1.165) is 6.07 Å². The third-order valence-electron chi connectivity index (χ3n) is 2.49. The summed E-state index contributed by atoms with van der Waals surface area (Å²) >= 11 is 5.61. The number of halogens is 2. The minimum Gasteiger partial charge on any atom is -0.399 e. The minimum atomic E-state index is -3.93. The average Bonchev–Trinajstić information content (AvgIpc) is 2.23. The molecule has 0 fully saturated rings. The van der Waals surface area contributed by atoms with E-state index in [0.29, 0.717) is 0 Å². The summed E-state index contributed by atoms with van der Waals surface area (Å²) < 4.78 is 39.6. The Balaban J connectivity index is 3.46. The van der Waals surface area contributed by atoms with Crippen LogP contribution in [0.25, 0.3) is 0 Å². The summed E-state index contributed by atoms with van der Waals surface area (Å²) in [6, 6.07) is 1.99. The molecule has 0 aromatic heterocycles. The van der Waals surface area contributed by atoms with E-state index in [1.807, 2.05) is 0 Å². The zero-order valence-electron chi connectivity index (χ0n) is 10.4. The second-order valence-corrected chi connectivity index (χ2v) is 6.38. The highest BCUT2D eigenvalue weighted by atomic mass is 35.5. The zero-order chi connectivity index (χ0) is 14.1. The monoisotopic (exact) mass is 294 g/mol. The van der Waals surface area contributed by atoms with Gasteiger partial charge in [0, 0.05) is 18.3 Å². The molecule has 1 aromatic carbocycles. The van der Waals surface area contributed by atoms with Gasteiger partial charge in [-0.3, -0.25) is 0 Å². The van der Waals surface area contributed by atoms with Crippen LogP contribution >= 0.6 is 11.6 Å². The normalized spacial score (nSPS) is 12.4. The predicted molar refractivity (Wildman–Crippen MR) is 70.5 cm³/mol. The van der Waals surface area contributed by atoms with E-state index in [2.05, 4.69) is 0 Å². The molecule has 102 valence electrons. The summed E-state index contributed by atoms with van der Waals surface area (Å²) in [7, 11) is -3.93. The van der Waals surface area contributed by atoms with Crippen molar-refractivity contribution in [3.05, 3.63) is 23.0 Å². The van der Waals surface area contributed by atoms with Crippen LogP contribution in [0.4, 0.5) is 10.1 Å². The zero-order valence-corrected chi connectivity index (χ0v) is 12.0. The molecule has 1 aromatic rings. The van der Waals surface area contributed by atoms with Gasteiger partial charge in [0.2, 0.25) is 10.0 Å². The molecule has 0 aliphatic carbocycles. The Kier molecular flexibility index (Phi) is 4.58. The summed E-state index contributed by atoms with van der Waals surface area (Å²) in [4.78, 5) is -0.483. The maximum absolute atomic E-state index is 13.8. The quantitative estimate of drug-likeness (QED) is 0.868. The molecule has 0 saturated carbocycles. The second-order valence-electron chi connectivity index (χ2n) is 4.12. The first-order valence-electron chi connectivity index (χ1n) is 5.48. The number of nitrogens with zero attached hydrogens (tertiary/aromatic N) is 1. The van der Waals surface area contributed by atoms with Gasteiger partial charge in [-0.1, -0.05) is 18.5 Å². The van der Waals surface area contributed by atoms with Crippen LogP contribution < -0.4 is 5.73 Å². The fourth-order valence-corrected chi connectivity index (χ4v) is 3.76. The number of sulfonamides is 1. The van der Waals surface area contributed by atoms with Gasteiger partial charge in [-0.25, -0.2) is 12.8 Å². The molecule has 0 aliphatic rings. The molecule has 0 saturated heterocycles. The molecule has 0 aliphatic heterocycles. The van der Waals surface area contributed by atoms with Crippen LogP contribution in [0, 0.1) is 5.82 Å². The molecule has 1 rings (SSSR count). The van der Waals surface area contributed by atoms with Crippen molar-refractivity contribution >= 4 is 27.3 Å². The van der Waals surface area contributed by atoms with Gasteiger partial charge in [-0.05, 0) is 26.0 Å². The Labute approximate surface area is 112 Å². The molecule has 4 nitrogen and oxygen atoms in total. The molecule has 7 heteroatoms. The van der Waals surface area contributed by atoms with Crippen LogP contribution in [0.5, 0.6) is 0 Å². The Hall–Kier alpha value is -0.850. The van der Waals surface area contributed by atoms with Crippen molar-refractivity contribution in [2.45, 2.75) is 31.7 Å². The molecule has 0 bridgehead atoms. The smallest absolute Gasteiger partial charge is 0.246 e. The number of nitrogen functional groups attached to an aromatic ring is 1. The lowest BCUT2D eigenvalue weighted by Crippen LogP contribution is -2.37. The molecule has 0 unspecified atom stereocenters.